The summed E-state index contributed by atoms with van der Waals surface area (Å²) in [7, 11) is -3.29. The Morgan fingerprint density at radius 3 is 2.67 bits per heavy atom. The van der Waals surface area contributed by atoms with Crippen LogP contribution in [-0.2, 0) is 20.7 Å². The van der Waals surface area contributed by atoms with Crippen LogP contribution in [0.3, 0.4) is 0 Å². The second-order valence-electron chi connectivity index (χ2n) is 4.56. The maximum Gasteiger partial charge on any atom is 0.267 e. The van der Waals surface area contributed by atoms with Crippen LogP contribution in [0.1, 0.15) is 5.56 Å². The van der Waals surface area contributed by atoms with Gasteiger partial charge in [0.15, 0.2) is 11.5 Å². The predicted octanol–water partition coefficient (Wildman–Crippen LogP) is 0.977. The molecule has 0 spiro atoms. The molecular weight excluding hydrogens is 256 g/mol. The molecule has 1 saturated heterocycles. The van der Waals surface area contributed by atoms with Crippen molar-refractivity contribution in [3.8, 4) is 11.5 Å². The smallest absolute Gasteiger partial charge is 0.267 e. The van der Waals surface area contributed by atoms with Gasteiger partial charge in [-0.2, -0.15) is 8.42 Å². The van der Waals surface area contributed by atoms with Gasteiger partial charge in [-0.15, -0.1) is 0 Å². The Balaban J connectivity index is 1.74. The Bertz CT molecular complexity index is 552. The fraction of sp³-hybridized carbons (Fsp3) is 0.500. The fourth-order valence-electron chi connectivity index (χ4n) is 2.25. The van der Waals surface area contributed by atoms with Gasteiger partial charge in [-0.25, -0.2) is 0 Å². The minimum Gasteiger partial charge on any atom is -0.486 e. The Morgan fingerprint density at radius 1 is 1.17 bits per heavy atom. The zero-order chi connectivity index (χ0) is 12.6. The van der Waals surface area contributed by atoms with Gasteiger partial charge in [0.1, 0.15) is 13.2 Å². The molecule has 0 N–H and O–H groups in total. The van der Waals surface area contributed by atoms with Gasteiger partial charge < -0.3 is 9.47 Å². The molecule has 3 rings (SSSR count). The second-order valence-corrected chi connectivity index (χ2v) is 6.24. The van der Waals surface area contributed by atoms with E-state index in [1.165, 1.54) is 0 Å². The van der Waals surface area contributed by atoms with E-state index >= 15 is 0 Å². The lowest BCUT2D eigenvalue weighted by Crippen LogP contribution is -2.16. The third-order valence-corrected chi connectivity index (χ3v) is 4.43. The number of rotatable bonds is 2. The first-order valence-corrected chi connectivity index (χ1v) is 7.46. The van der Waals surface area contributed by atoms with E-state index in [9.17, 15) is 8.42 Å². The first-order chi connectivity index (χ1) is 8.62. The largest absolute Gasteiger partial charge is 0.486 e. The van der Waals surface area contributed by atoms with Crippen LogP contribution >= 0.6 is 0 Å². The van der Waals surface area contributed by atoms with E-state index in [0.29, 0.717) is 19.6 Å². The van der Waals surface area contributed by atoms with Crippen LogP contribution < -0.4 is 9.47 Å². The van der Waals surface area contributed by atoms with E-state index in [0.717, 1.165) is 17.1 Å². The number of ether oxygens (including phenoxy) is 2. The van der Waals surface area contributed by atoms with Crippen LogP contribution in [0.2, 0.25) is 0 Å². The van der Waals surface area contributed by atoms with Gasteiger partial charge in [-0.05, 0) is 24.1 Å². The molecule has 0 unspecified atom stereocenters. The van der Waals surface area contributed by atoms with Crippen LogP contribution in [0.4, 0.5) is 0 Å². The second kappa shape index (κ2) is 4.44. The van der Waals surface area contributed by atoms with Gasteiger partial charge in [0, 0.05) is 5.92 Å². The molecule has 2 heterocycles. The van der Waals surface area contributed by atoms with Crippen molar-refractivity contribution in [2.24, 2.45) is 5.92 Å². The highest BCUT2D eigenvalue weighted by atomic mass is 32.2. The highest BCUT2D eigenvalue weighted by Crippen LogP contribution is 2.32. The molecule has 1 atom stereocenters. The highest BCUT2D eigenvalue weighted by molar-refractivity contribution is 7.86. The lowest BCUT2D eigenvalue weighted by molar-refractivity contribution is 0.171. The van der Waals surface area contributed by atoms with Gasteiger partial charge >= 0.3 is 0 Å². The van der Waals surface area contributed by atoms with E-state index in [4.69, 9.17) is 13.7 Å². The standard InChI is InChI=1S/C12H14O5S/c13-18(14)8-10(7-17-18)5-9-1-2-11-12(6-9)16-4-3-15-11/h1-2,6,10H,3-5,7-8H2/t10-/m0/s1. The Hall–Kier alpha value is -1.27. The summed E-state index contributed by atoms with van der Waals surface area (Å²) >= 11 is 0. The molecule has 2 aliphatic heterocycles. The fourth-order valence-corrected chi connectivity index (χ4v) is 3.54. The molecule has 0 saturated carbocycles. The molecule has 1 aromatic carbocycles. The topological polar surface area (TPSA) is 61.8 Å². The maximum absolute atomic E-state index is 11.2. The zero-order valence-corrected chi connectivity index (χ0v) is 10.6. The van der Waals surface area contributed by atoms with Crippen molar-refractivity contribution in [3.05, 3.63) is 23.8 Å². The molecule has 0 radical (unpaired) electrons. The van der Waals surface area contributed by atoms with Gasteiger partial charge in [0.2, 0.25) is 0 Å². The van der Waals surface area contributed by atoms with Gasteiger partial charge in [-0.3, -0.25) is 4.18 Å². The van der Waals surface area contributed by atoms with Crippen molar-refractivity contribution in [2.75, 3.05) is 25.6 Å². The van der Waals surface area contributed by atoms with E-state index < -0.39 is 10.1 Å². The Labute approximate surface area is 106 Å². The number of benzene rings is 1. The molecule has 0 amide bonds. The molecule has 1 fully saturated rings. The molecule has 0 bridgehead atoms. The van der Waals surface area contributed by atoms with Crippen molar-refractivity contribution in [1.29, 1.82) is 0 Å². The van der Waals surface area contributed by atoms with Crippen molar-refractivity contribution < 1.29 is 22.1 Å². The van der Waals surface area contributed by atoms with E-state index in [1.54, 1.807) is 0 Å². The molecule has 0 aliphatic carbocycles. The third kappa shape index (κ3) is 2.44. The summed E-state index contributed by atoms with van der Waals surface area (Å²) in [4.78, 5) is 0. The molecule has 5 nitrogen and oxygen atoms in total. The maximum atomic E-state index is 11.2. The summed E-state index contributed by atoms with van der Waals surface area (Å²) in [6.07, 6.45) is 0.676. The monoisotopic (exact) mass is 270 g/mol. The van der Waals surface area contributed by atoms with Crippen LogP contribution in [0.15, 0.2) is 18.2 Å². The quantitative estimate of drug-likeness (QED) is 0.750. The van der Waals surface area contributed by atoms with E-state index in [2.05, 4.69) is 0 Å². The third-order valence-electron chi connectivity index (χ3n) is 3.05. The van der Waals surface area contributed by atoms with Crippen molar-refractivity contribution in [3.63, 3.8) is 0 Å². The van der Waals surface area contributed by atoms with Crippen molar-refractivity contribution >= 4 is 10.1 Å². The average molecular weight is 270 g/mol. The zero-order valence-electron chi connectivity index (χ0n) is 9.79. The Morgan fingerprint density at radius 2 is 1.94 bits per heavy atom. The first kappa shape index (κ1) is 11.8. The first-order valence-electron chi connectivity index (χ1n) is 5.88. The minimum atomic E-state index is -3.29. The molecular formula is C12H14O5S. The molecule has 98 valence electrons. The predicted molar refractivity (Wildman–Crippen MR) is 64.4 cm³/mol. The molecule has 1 aromatic rings. The van der Waals surface area contributed by atoms with Crippen LogP contribution in [-0.4, -0.2) is 34.0 Å². The van der Waals surface area contributed by atoms with Gasteiger partial charge in [0.05, 0.1) is 12.4 Å². The molecule has 2 aliphatic rings. The van der Waals surface area contributed by atoms with Crippen LogP contribution in [0, 0.1) is 5.92 Å². The summed E-state index contributed by atoms with van der Waals surface area (Å²) < 4.78 is 38.1. The van der Waals surface area contributed by atoms with Gasteiger partial charge in [0.25, 0.3) is 10.1 Å². The van der Waals surface area contributed by atoms with Crippen molar-refractivity contribution in [1.82, 2.24) is 0 Å². The summed E-state index contributed by atoms with van der Waals surface area (Å²) in [5.74, 6) is 1.61. The van der Waals surface area contributed by atoms with Crippen molar-refractivity contribution in [2.45, 2.75) is 6.42 Å². The summed E-state index contributed by atoms with van der Waals surface area (Å²) in [6.45, 7) is 1.40. The number of fused-ring (bicyclic) bond motifs is 1. The van der Waals surface area contributed by atoms with Crippen LogP contribution in [0.25, 0.3) is 0 Å². The normalized spacial score (nSPS) is 25.0. The summed E-state index contributed by atoms with van der Waals surface area (Å²) in [5, 5.41) is 0. The highest BCUT2D eigenvalue weighted by Gasteiger charge is 2.29. The SMILES string of the molecule is O=S1(=O)C[C@@H](Cc2ccc3c(c2)OCCO3)CO1. The van der Waals surface area contributed by atoms with E-state index in [1.807, 2.05) is 18.2 Å². The molecule has 0 aromatic heterocycles. The molecule has 6 heteroatoms. The lowest BCUT2D eigenvalue weighted by atomic mass is 10.0. The summed E-state index contributed by atoms with van der Waals surface area (Å²) in [5.41, 5.74) is 1.05. The lowest BCUT2D eigenvalue weighted by Gasteiger charge is -2.19. The Kier molecular flexibility index (Phi) is 2.91. The summed E-state index contributed by atoms with van der Waals surface area (Å²) in [6, 6.07) is 5.73. The van der Waals surface area contributed by atoms with E-state index in [-0.39, 0.29) is 18.3 Å². The number of hydrogen-bond acceptors (Lipinski definition) is 5. The average Bonchev–Trinajstić information content (AvgIpc) is 2.68. The number of hydrogen-bond donors (Lipinski definition) is 0. The van der Waals surface area contributed by atoms with Gasteiger partial charge in [-0.1, -0.05) is 6.07 Å². The van der Waals surface area contributed by atoms with Crippen LogP contribution in [0.5, 0.6) is 11.5 Å². The molecule has 18 heavy (non-hydrogen) atoms. The minimum absolute atomic E-state index is 0.0255.